The van der Waals surface area contributed by atoms with Gasteiger partial charge in [0, 0.05) is 12.8 Å². The fraction of sp³-hybridized carbons (Fsp3) is 0.462. The van der Waals surface area contributed by atoms with Crippen molar-refractivity contribution < 1.29 is 14.2 Å². The number of nitrogens with two attached hydrogens (primary N) is 1. The molecule has 0 fully saturated rings. The van der Waals surface area contributed by atoms with Crippen molar-refractivity contribution in [1.29, 1.82) is 5.26 Å². The van der Waals surface area contributed by atoms with Gasteiger partial charge >= 0.3 is 0 Å². The van der Waals surface area contributed by atoms with Gasteiger partial charge in [-0.2, -0.15) is 5.26 Å². The number of nitrogens with zero attached hydrogens (tertiary/aromatic N) is 1. The monoisotopic (exact) mass is 250 g/mol. The molecule has 0 bridgehead atoms. The summed E-state index contributed by atoms with van der Waals surface area (Å²) in [5, 5.41) is 8.65. The second kappa shape index (κ2) is 8.34. The van der Waals surface area contributed by atoms with Gasteiger partial charge in [0.1, 0.15) is 12.4 Å². The van der Waals surface area contributed by atoms with Crippen LogP contribution in [-0.2, 0) is 15.9 Å². The Morgan fingerprint density at radius 3 is 2.72 bits per heavy atom. The molecule has 5 nitrogen and oxygen atoms in total. The molecule has 0 saturated carbocycles. The van der Waals surface area contributed by atoms with Crippen molar-refractivity contribution in [2.75, 3.05) is 39.3 Å². The number of hydrogen-bond donors (Lipinski definition) is 1. The second-order valence-electron chi connectivity index (χ2n) is 3.65. The zero-order valence-corrected chi connectivity index (χ0v) is 10.5. The van der Waals surface area contributed by atoms with Crippen LogP contribution >= 0.6 is 0 Å². The summed E-state index contributed by atoms with van der Waals surface area (Å²) < 4.78 is 15.6. The van der Waals surface area contributed by atoms with Crippen molar-refractivity contribution in [3.63, 3.8) is 0 Å². The van der Waals surface area contributed by atoms with Gasteiger partial charge in [0.05, 0.1) is 32.3 Å². The molecule has 18 heavy (non-hydrogen) atoms. The van der Waals surface area contributed by atoms with Crippen LogP contribution in [0.3, 0.4) is 0 Å². The van der Waals surface area contributed by atoms with E-state index >= 15 is 0 Å². The Morgan fingerprint density at radius 2 is 2.00 bits per heavy atom. The summed E-state index contributed by atoms with van der Waals surface area (Å²) in [6, 6.07) is 7.38. The van der Waals surface area contributed by atoms with Gasteiger partial charge in [-0.1, -0.05) is 0 Å². The lowest BCUT2D eigenvalue weighted by molar-refractivity contribution is 0.0544. The summed E-state index contributed by atoms with van der Waals surface area (Å²) in [6.07, 6.45) is 0.285. The molecule has 98 valence electrons. The van der Waals surface area contributed by atoms with Gasteiger partial charge in [-0.15, -0.1) is 0 Å². The van der Waals surface area contributed by atoms with E-state index in [1.165, 1.54) is 0 Å². The zero-order valence-electron chi connectivity index (χ0n) is 10.5. The largest absolute Gasteiger partial charge is 0.491 e. The molecule has 0 unspecified atom stereocenters. The number of nitrogen functional groups attached to an aromatic ring is 1. The molecule has 5 heteroatoms. The third-order valence-corrected chi connectivity index (χ3v) is 2.31. The Balaban J connectivity index is 2.34. The highest BCUT2D eigenvalue weighted by atomic mass is 16.5. The number of nitriles is 1. The summed E-state index contributed by atoms with van der Waals surface area (Å²) in [5.74, 6) is 0.699. The minimum absolute atomic E-state index is 0.285. The molecule has 0 aromatic heterocycles. The Hall–Kier alpha value is -1.77. The van der Waals surface area contributed by atoms with Crippen molar-refractivity contribution in [3.05, 3.63) is 23.8 Å². The van der Waals surface area contributed by atoms with Gasteiger partial charge in [-0.25, -0.2) is 0 Å². The molecule has 2 N–H and O–H groups in total. The third-order valence-electron chi connectivity index (χ3n) is 2.31. The summed E-state index contributed by atoms with van der Waals surface area (Å²) in [4.78, 5) is 0. The van der Waals surface area contributed by atoms with Crippen LogP contribution in [0.1, 0.15) is 5.56 Å². The van der Waals surface area contributed by atoms with Gasteiger partial charge < -0.3 is 19.9 Å². The normalized spacial score (nSPS) is 10.0. The van der Waals surface area contributed by atoms with Gasteiger partial charge in [-0.05, 0) is 23.8 Å². The van der Waals surface area contributed by atoms with E-state index in [1.54, 1.807) is 25.3 Å². The topological polar surface area (TPSA) is 77.5 Å². The molecule has 0 aliphatic heterocycles. The van der Waals surface area contributed by atoms with Crippen molar-refractivity contribution in [2.45, 2.75) is 6.42 Å². The van der Waals surface area contributed by atoms with Crippen molar-refractivity contribution in [2.24, 2.45) is 0 Å². The molecule has 0 aliphatic carbocycles. The number of rotatable bonds is 8. The Bertz CT molecular complexity index is 402. The molecule has 0 atom stereocenters. The SMILES string of the molecule is COCCOCCOc1ccc(N)c(CC#N)c1. The summed E-state index contributed by atoms with van der Waals surface area (Å²) in [7, 11) is 1.63. The van der Waals surface area contributed by atoms with Gasteiger partial charge in [-0.3, -0.25) is 0 Å². The minimum Gasteiger partial charge on any atom is -0.491 e. The molecular weight excluding hydrogens is 232 g/mol. The second-order valence-corrected chi connectivity index (χ2v) is 3.65. The van der Waals surface area contributed by atoms with Crippen LogP contribution in [0, 0.1) is 11.3 Å². The molecule has 0 heterocycles. The highest BCUT2D eigenvalue weighted by molar-refractivity contribution is 5.51. The first kappa shape index (κ1) is 14.3. The molecular formula is C13H18N2O3. The maximum atomic E-state index is 8.65. The van der Waals surface area contributed by atoms with E-state index in [0.717, 1.165) is 5.56 Å². The highest BCUT2D eigenvalue weighted by Crippen LogP contribution is 2.19. The van der Waals surface area contributed by atoms with Crippen molar-refractivity contribution in [3.8, 4) is 11.8 Å². The van der Waals surface area contributed by atoms with Crippen LogP contribution < -0.4 is 10.5 Å². The molecule has 1 aromatic rings. The Morgan fingerprint density at radius 1 is 1.22 bits per heavy atom. The molecule has 0 amide bonds. The van der Waals surface area contributed by atoms with E-state index in [2.05, 4.69) is 6.07 Å². The highest BCUT2D eigenvalue weighted by Gasteiger charge is 2.01. The fourth-order valence-corrected chi connectivity index (χ4v) is 1.37. The third kappa shape index (κ3) is 5.04. The molecule has 1 rings (SSSR count). The lowest BCUT2D eigenvalue weighted by Gasteiger charge is -2.09. The number of methoxy groups -OCH3 is 1. The summed E-state index contributed by atoms with van der Waals surface area (Å²) in [6.45, 7) is 2.09. The van der Waals surface area contributed by atoms with E-state index in [9.17, 15) is 0 Å². The average molecular weight is 250 g/mol. The average Bonchev–Trinajstić information content (AvgIpc) is 2.37. The van der Waals surface area contributed by atoms with E-state index in [4.69, 9.17) is 25.2 Å². The molecule has 0 spiro atoms. The van der Waals surface area contributed by atoms with E-state index < -0.39 is 0 Å². The first-order valence-electron chi connectivity index (χ1n) is 5.72. The van der Waals surface area contributed by atoms with Crippen molar-refractivity contribution in [1.82, 2.24) is 0 Å². The summed E-state index contributed by atoms with van der Waals surface area (Å²) >= 11 is 0. The lowest BCUT2D eigenvalue weighted by atomic mass is 10.1. The van der Waals surface area contributed by atoms with Crippen LogP contribution in [0.15, 0.2) is 18.2 Å². The van der Waals surface area contributed by atoms with Crippen LogP contribution in [0.5, 0.6) is 5.75 Å². The number of hydrogen-bond acceptors (Lipinski definition) is 5. The maximum absolute atomic E-state index is 8.65. The van der Waals surface area contributed by atoms with Crippen LogP contribution in [0.2, 0.25) is 0 Å². The van der Waals surface area contributed by atoms with Gasteiger partial charge in [0.25, 0.3) is 0 Å². The standard InChI is InChI=1S/C13H18N2O3/c1-16-6-7-17-8-9-18-12-2-3-13(15)11(10-12)4-5-14/h2-3,10H,4,6-9,15H2,1H3. The predicted octanol–water partition coefficient (Wildman–Crippen LogP) is 1.38. The van der Waals surface area contributed by atoms with Gasteiger partial charge in [0.2, 0.25) is 0 Å². The predicted molar refractivity (Wildman–Crippen MR) is 68.4 cm³/mol. The van der Waals surface area contributed by atoms with Crippen molar-refractivity contribution >= 4 is 5.69 Å². The Labute approximate surface area is 107 Å². The van der Waals surface area contributed by atoms with E-state index in [0.29, 0.717) is 37.9 Å². The number of anilines is 1. The first-order chi connectivity index (χ1) is 8.77. The van der Waals surface area contributed by atoms with Crippen LogP contribution in [0.4, 0.5) is 5.69 Å². The maximum Gasteiger partial charge on any atom is 0.119 e. The summed E-state index contributed by atoms with van der Waals surface area (Å²) in [5.41, 5.74) is 7.14. The lowest BCUT2D eigenvalue weighted by Crippen LogP contribution is -2.10. The van der Waals surface area contributed by atoms with Gasteiger partial charge in [0.15, 0.2) is 0 Å². The Kier molecular flexibility index (Phi) is 6.62. The smallest absolute Gasteiger partial charge is 0.119 e. The first-order valence-corrected chi connectivity index (χ1v) is 5.72. The number of ether oxygens (including phenoxy) is 3. The number of benzene rings is 1. The fourth-order valence-electron chi connectivity index (χ4n) is 1.37. The van der Waals surface area contributed by atoms with E-state index in [-0.39, 0.29) is 6.42 Å². The van der Waals surface area contributed by atoms with E-state index in [1.807, 2.05) is 0 Å². The van der Waals surface area contributed by atoms with Crippen LogP contribution in [0.25, 0.3) is 0 Å². The quantitative estimate of drug-likeness (QED) is 0.557. The molecule has 0 saturated heterocycles. The molecule has 1 aromatic carbocycles. The molecule has 0 aliphatic rings. The minimum atomic E-state index is 0.285. The molecule has 0 radical (unpaired) electrons. The zero-order chi connectivity index (χ0) is 13.2. The van der Waals surface area contributed by atoms with Crippen LogP contribution in [-0.4, -0.2) is 33.5 Å².